The first kappa shape index (κ1) is 14.2. The number of fused-ring (bicyclic) bond motifs is 1. The van der Waals surface area contributed by atoms with E-state index in [9.17, 15) is 4.79 Å². The van der Waals surface area contributed by atoms with Gasteiger partial charge in [0, 0.05) is 12.1 Å². The van der Waals surface area contributed by atoms with Gasteiger partial charge in [0.2, 0.25) is 5.52 Å². The van der Waals surface area contributed by atoms with Crippen molar-refractivity contribution in [2.45, 2.75) is 0 Å². The number of hydrogen-bond donors (Lipinski definition) is 1. The van der Waals surface area contributed by atoms with E-state index < -0.39 is 0 Å². The van der Waals surface area contributed by atoms with Crippen LogP contribution in [0.25, 0.3) is 23.2 Å². The van der Waals surface area contributed by atoms with E-state index in [1.807, 2.05) is 60.7 Å². The zero-order valence-corrected chi connectivity index (χ0v) is 12.2. The summed E-state index contributed by atoms with van der Waals surface area (Å²) < 4.78 is 0. The van der Waals surface area contributed by atoms with Gasteiger partial charge in [-0.1, -0.05) is 42.5 Å². The fourth-order valence-electron chi connectivity index (χ4n) is 1.95. The lowest BCUT2D eigenvalue weighted by Gasteiger charge is -1.93. The highest BCUT2D eigenvalue weighted by Gasteiger charge is 2.07. The Balaban J connectivity index is 0.00000147. The van der Waals surface area contributed by atoms with Crippen molar-refractivity contribution in [1.29, 1.82) is 0 Å². The van der Waals surface area contributed by atoms with Gasteiger partial charge in [-0.3, -0.25) is 4.79 Å². The summed E-state index contributed by atoms with van der Waals surface area (Å²) in [6, 6.07) is 17.5. The van der Waals surface area contributed by atoms with Gasteiger partial charge in [-0.15, -0.1) is 0 Å². The number of aromatic amines is 2. The molecule has 0 amide bonds. The molecule has 0 spiro atoms. The van der Waals surface area contributed by atoms with Gasteiger partial charge in [0.15, 0.2) is 0 Å². The Kier molecular flexibility index (Phi) is 4.48. The first-order chi connectivity index (χ1) is 9.33. The van der Waals surface area contributed by atoms with Gasteiger partial charge in [-0.25, -0.2) is 0 Å². The predicted octanol–water partition coefficient (Wildman–Crippen LogP) is -0.483. The third-order valence-electron chi connectivity index (χ3n) is 2.93. The number of halogens is 1. The summed E-state index contributed by atoms with van der Waals surface area (Å²) in [6.07, 6.45) is 3.70. The molecule has 4 heteroatoms. The van der Waals surface area contributed by atoms with Crippen LogP contribution in [0.3, 0.4) is 0 Å². The molecule has 0 aliphatic heterocycles. The Labute approximate surface area is 126 Å². The molecule has 0 bridgehead atoms. The highest BCUT2D eigenvalue weighted by molar-refractivity contribution is 5.72. The van der Waals surface area contributed by atoms with Crippen LogP contribution in [0.5, 0.6) is 0 Å². The fraction of sp³-hybridized carbons (Fsp3) is 0. The van der Waals surface area contributed by atoms with E-state index in [-0.39, 0.29) is 22.5 Å². The molecule has 20 heavy (non-hydrogen) atoms. The normalized spacial score (nSPS) is 10.6. The lowest BCUT2D eigenvalue weighted by molar-refractivity contribution is -0.349. The maximum atomic E-state index is 11.9. The maximum absolute atomic E-state index is 11.9. The molecule has 2 N–H and O–H groups in total. The van der Waals surface area contributed by atoms with E-state index in [1.165, 1.54) is 0 Å². The smallest absolute Gasteiger partial charge is 0.320 e. The van der Waals surface area contributed by atoms with Crippen LogP contribution in [0.15, 0.2) is 59.4 Å². The molecular weight excluding hydrogens is 316 g/mol. The summed E-state index contributed by atoms with van der Waals surface area (Å²) in [4.78, 5) is 17.9. The summed E-state index contributed by atoms with van der Waals surface area (Å²) in [5.74, 6) is 0. The third kappa shape index (κ3) is 3.03. The van der Waals surface area contributed by atoms with Crippen LogP contribution in [0, 0.1) is 0 Å². The van der Waals surface area contributed by atoms with Gasteiger partial charge in [0.1, 0.15) is 5.52 Å². The highest BCUT2D eigenvalue weighted by atomic mass is 79.9. The summed E-state index contributed by atoms with van der Waals surface area (Å²) in [6.45, 7) is 0. The van der Waals surface area contributed by atoms with E-state index in [0.717, 1.165) is 16.6 Å². The average Bonchev–Trinajstić information content (AvgIpc) is 2.46. The summed E-state index contributed by atoms with van der Waals surface area (Å²) in [5.41, 5.74) is 3.20. The van der Waals surface area contributed by atoms with Gasteiger partial charge in [0.25, 0.3) is 5.69 Å². The van der Waals surface area contributed by atoms with Crippen molar-refractivity contribution in [2.24, 2.45) is 0 Å². The molecule has 1 heterocycles. The summed E-state index contributed by atoms with van der Waals surface area (Å²) >= 11 is 0. The van der Waals surface area contributed by atoms with Crippen molar-refractivity contribution < 1.29 is 22.0 Å². The first-order valence-electron chi connectivity index (χ1n) is 6.10. The van der Waals surface area contributed by atoms with Gasteiger partial charge in [-0.2, -0.15) is 4.98 Å². The predicted molar refractivity (Wildman–Crippen MR) is 76.5 cm³/mol. The van der Waals surface area contributed by atoms with Crippen molar-refractivity contribution in [3.05, 3.63) is 76.2 Å². The van der Waals surface area contributed by atoms with Gasteiger partial charge in [-0.05, 0) is 17.7 Å². The first-order valence-corrected chi connectivity index (χ1v) is 6.10. The second kappa shape index (κ2) is 6.30. The van der Waals surface area contributed by atoms with Crippen LogP contribution in [-0.2, 0) is 0 Å². The molecule has 3 rings (SSSR count). The van der Waals surface area contributed by atoms with E-state index in [0.29, 0.717) is 5.69 Å². The topological polar surface area (TPSA) is 47.0 Å². The van der Waals surface area contributed by atoms with Crippen LogP contribution < -0.4 is 27.5 Å². The Morgan fingerprint density at radius 1 is 0.900 bits per heavy atom. The highest BCUT2D eigenvalue weighted by Crippen LogP contribution is 2.05. The van der Waals surface area contributed by atoms with E-state index in [1.54, 1.807) is 6.08 Å². The van der Waals surface area contributed by atoms with Crippen molar-refractivity contribution in [1.82, 2.24) is 4.98 Å². The van der Waals surface area contributed by atoms with Gasteiger partial charge < -0.3 is 22.0 Å². The molecular formula is C16H13BrN2O. The van der Waals surface area contributed by atoms with Crippen LogP contribution >= 0.6 is 0 Å². The van der Waals surface area contributed by atoms with Crippen molar-refractivity contribution in [3.8, 4) is 0 Å². The quantitative estimate of drug-likeness (QED) is 0.678. The molecule has 0 aliphatic carbocycles. The number of nitrogens with one attached hydrogen (secondary N) is 2. The van der Waals surface area contributed by atoms with E-state index in [4.69, 9.17) is 0 Å². The Morgan fingerprint density at radius 3 is 2.40 bits per heavy atom. The summed E-state index contributed by atoms with van der Waals surface area (Å²) in [5, 5.41) is 0. The van der Waals surface area contributed by atoms with E-state index in [2.05, 4.69) is 9.97 Å². The molecule has 0 aliphatic rings. The molecule has 2 aromatic carbocycles. The Bertz CT molecular complexity index is 794. The number of H-pyrrole nitrogens is 2. The largest absolute Gasteiger partial charge is 1.00 e. The van der Waals surface area contributed by atoms with Gasteiger partial charge in [0.05, 0.1) is 0 Å². The van der Waals surface area contributed by atoms with Crippen LogP contribution in [-0.4, -0.2) is 4.98 Å². The van der Waals surface area contributed by atoms with Crippen molar-refractivity contribution in [2.75, 3.05) is 0 Å². The molecule has 0 atom stereocenters. The molecule has 0 radical (unpaired) electrons. The van der Waals surface area contributed by atoms with Crippen LogP contribution in [0.4, 0.5) is 0 Å². The molecule has 0 fully saturated rings. The second-order valence-corrected chi connectivity index (χ2v) is 4.28. The molecule has 3 aromatic rings. The number of benzene rings is 2. The number of para-hydroxylation sites is 2. The SMILES string of the molecule is O=c1[nH]c2ccccc2[nH+]c1/C=C/c1ccccc1.[Br-]. The maximum Gasteiger partial charge on any atom is 0.320 e. The number of hydrogen-bond acceptors (Lipinski definition) is 1. The van der Waals surface area contributed by atoms with E-state index >= 15 is 0 Å². The Hall–Kier alpha value is -2.20. The number of rotatable bonds is 2. The second-order valence-electron chi connectivity index (χ2n) is 4.28. The minimum atomic E-state index is -0.120. The lowest BCUT2D eigenvalue weighted by atomic mass is 10.2. The molecule has 0 saturated carbocycles. The fourth-order valence-corrected chi connectivity index (χ4v) is 1.95. The number of aromatic nitrogens is 2. The van der Waals surface area contributed by atoms with Crippen LogP contribution in [0.2, 0.25) is 0 Å². The zero-order chi connectivity index (χ0) is 13.1. The van der Waals surface area contributed by atoms with Crippen LogP contribution in [0.1, 0.15) is 11.3 Å². The van der Waals surface area contributed by atoms with Gasteiger partial charge >= 0.3 is 5.56 Å². The van der Waals surface area contributed by atoms with Crippen molar-refractivity contribution >= 4 is 23.2 Å². The molecule has 100 valence electrons. The monoisotopic (exact) mass is 328 g/mol. The molecule has 0 unspecified atom stereocenters. The molecule has 3 nitrogen and oxygen atoms in total. The Morgan fingerprint density at radius 2 is 1.60 bits per heavy atom. The zero-order valence-electron chi connectivity index (χ0n) is 10.6. The van der Waals surface area contributed by atoms with Crippen molar-refractivity contribution in [3.63, 3.8) is 0 Å². The summed E-state index contributed by atoms with van der Waals surface area (Å²) in [7, 11) is 0. The molecule has 0 saturated heterocycles. The minimum absolute atomic E-state index is 0. The average molecular weight is 329 g/mol. The minimum Gasteiger partial charge on any atom is -1.00 e. The standard InChI is InChI=1S/C16H12N2O.BrH/c19-16-15(11-10-12-6-2-1-3-7-12)17-13-8-4-5-9-14(13)18-16;/h1-11H,(H,18,19);1H/b11-10+;. The third-order valence-corrected chi connectivity index (χ3v) is 2.93. The lowest BCUT2D eigenvalue weighted by Crippen LogP contribution is -3.00. The molecule has 1 aromatic heterocycles.